The summed E-state index contributed by atoms with van der Waals surface area (Å²) in [5.74, 6) is 2.82. The van der Waals surface area contributed by atoms with Gasteiger partial charge in [-0.3, -0.25) is 15.0 Å². The monoisotopic (exact) mass is 981 g/mol. The van der Waals surface area contributed by atoms with Crippen LogP contribution in [0.15, 0.2) is 74.6 Å². The predicted octanol–water partition coefficient (Wildman–Crippen LogP) is 10.0. The number of guanidine groups is 2. The van der Waals surface area contributed by atoms with Gasteiger partial charge in [-0.05, 0) is 191 Å². The van der Waals surface area contributed by atoms with Crippen LogP contribution in [0.4, 0.5) is 4.39 Å². The number of nitrogens with zero attached hydrogens (tertiary/aromatic N) is 4. The summed E-state index contributed by atoms with van der Waals surface area (Å²) in [7, 11) is 0. The van der Waals surface area contributed by atoms with Crippen LogP contribution in [-0.4, -0.2) is 74.7 Å². The molecule has 0 saturated heterocycles. The molecule has 0 radical (unpaired) electrons. The topological polar surface area (TPSA) is 131 Å². The zero-order valence-corrected chi connectivity index (χ0v) is 43.9. The highest BCUT2D eigenvalue weighted by Crippen LogP contribution is 2.36. The van der Waals surface area contributed by atoms with Gasteiger partial charge in [0, 0.05) is 24.4 Å². The molecule has 4 unspecified atom stereocenters. The number of nitrogens with one attached hydrogen (secondary N) is 6. The first-order chi connectivity index (χ1) is 34.6. The summed E-state index contributed by atoms with van der Waals surface area (Å²) >= 11 is 1.86. The predicted molar refractivity (Wildman–Crippen MR) is 293 cm³/mol. The van der Waals surface area contributed by atoms with Crippen LogP contribution in [0.1, 0.15) is 153 Å². The van der Waals surface area contributed by atoms with Crippen molar-refractivity contribution >= 4 is 34.9 Å². The molecule has 378 valence electrons. The fraction of sp³-hybridized carbons (Fsp3) is 0.517. The van der Waals surface area contributed by atoms with Crippen LogP contribution in [0.5, 0.6) is 0 Å². The highest BCUT2D eigenvalue weighted by atomic mass is 32.2. The number of benzene rings is 4. The second-order valence-electron chi connectivity index (χ2n) is 20.4. The number of rotatable bonds is 4. The fourth-order valence-electron chi connectivity index (χ4n) is 11.6. The fourth-order valence-corrected chi connectivity index (χ4v) is 12.4. The standard InChI is InChI=1S/C15H21N3.C15H20N2O.C15H20N2S.C13H16FN3/c1-10-8-11(2)12-4-3-5-14(13(12)9-10)18-15-16-6-7-17-15;1-10-6-7-11(2)14-12(10)4-3-5-13(14)17-15-16-8-9-18-15;1-10-8-12-4-3-5-14(13(12)9-11(10)2)17-15-16-6-7-18-15;14-10-5-1-3-9-4-2-6-11(12(9)10)17-13-15-7-8-16-13/h8-9,14H,3-7H2,1-2H3,(H2,16,17,18);6-7,13H,3-5,8-9H2,1-2H3,(H,16,17);8-9,14H,3-7H2,1-2H3,(H,16,17);1,3,5,11H,2,4,6-8H2,(H2,15,16,17). The van der Waals surface area contributed by atoms with Crippen molar-refractivity contribution < 1.29 is 9.13 Å². The average molecular weight is 981 g/mol. The van der Waals surface area contributed by atoms with E-state index in [1.807, 2.05) is 17.8 Å². The summed E-state index contributed by atoms with van der Waals surface area (Å²) < 4.78 is 19.4. The van der Waals surface area contributed by atoms with E-state index in [0.717, 1.165) is 98.5 Å². The Morgan fingerprint density at radius 3 is 1.89 bits per heavy atom. The second-order valence-corrected chi connectivity index (χ2v) is 21.5. The molecule has 0 bridgehead atoms. The van der Waals surface area contributed by atoms with Crippen LogP contribution in [0.25, 0.3) is 0 Å². The number of aliphatic imine (C=N–C) groups is 4. The van der Waals surface area contributed by atoms with Gasteiger partial charge in [-0.15, -0.1) is 0 Å². The molecule has 0 spiro atoms. The largest absolute Gasteiger partial charge is 0.463 e. The Bertz CT molecular complexity index is 2660. The first kappa shape index (κ1) is 50.4. The number of hydrogen-bond donors (Lipinski definition) is 6. The minimum Gasteiger partial charge on any atom is -0.463 e. The van der Waals surface area contributed by atoms with Gasteiger partial charge >= 0.3 is 0 Å². The molecule has 8 aliphatic rings. The van der Waals surface area contributed by atoms with E-state index >= 15 is 0 Å². The first-order valence-corrected chi connectivity index (χ1v) is 27.6. The van der Waals surface area contributed by atoms with Crippen molar-refractivity contribution in [2.24, 2.45) is 20.0 Å². The lowest BCUT2D eigenvalue weighted by atomic mass is 9.82. The molecule has 13 heteroatoms. The molecule has 4 aromatic carbocycles. The number of hydrogen-bond acceptors (Lipinski definition) is 12. The molecule has 71 heavy (non-hydrogen) atoms. The van der Waals surface area contributed by atoms with Crippen LogP contribution < -0.4 is 31.9 Å². The van der Waals surface area contributed by atoms with E-state index in [-0.39, 0.29) is 11.9 Å². The van der Waals surface area contributed by atoms with Gasteiger partial charge in [0.05, 0.1) is 50.3 Å². The number of aryl methyl sites for hydroxylation is 8. The number of ether oxygens (including phenoxy) is 1. The molecule has 0 aromatic heterocycles. The van der Waals surface area contributed by atoms with Crippen molar-refractivity contribution in [2.45, 2.75) is 143 Å². The molecule has 6 N–H and O–H groups in total. The summed E-state index contributed by atoms with van der Waals surface area (Å²) in [6, 6.07) is 21.3. The minimum atomic E-state index is -0.0988. The molecule has 0 fully saturated rings. The first-order valence-electron chi connectivity index (χ1n) is 26.6. The van der Waals surface area contributed by atoms with E-state index in [1.165, 1.54) is 119 Å². The van der Waals surface area contributed by atoms with E-state index in [2.05, 4.69) is 130 Å². The van der Waals surface area contributed by atoms with E-state index in [0.29, 0.717) is 24.7 Å². The van der Waals surface area contributed by atoms with Crippen molar-refractivity contribution in [3.8, 4) is 0 Å². The third-order valence-electron chi connectivity index (χ3n) is 15.3. The summed E-state index contributed by atoms with van der Waals surface area (Å²) in [6.45, 7) is 19.3. The van der Waals surface area contributed by atoms with Crippen molar-refractivity contribution in [2.75, 3.05) is 51.6 Å². The molecule has 0 amide bonds. The molecule has 11 nitrogen and oxygen atoms in total. The smallest absolute Gasteiger partial charge is 0.285 e. The Balaban J connectivity index is 0.000000117. The highest BCUT2D eigenvalue weighted by Gasteiger charge is 2.28. The third kappa shape index (κ3) is 12.6. The maximum Gasteiger partial charge on any atom is 0.285 e. The van der Waals surface area contributed by atoms with Crippen molar-refractivity contribution in [3.05, 3.63) is 138 Å². The Hall–Kier alpha value is -5.56. The van der Waals surface area contributed by atoms with Gasteiger partial charge in [-0.25, -0.2) is 9.38 Å². The van der Waals surface area contributed by atoms with Crippen molar-refractivity contribution in [1.82, 2.24) is 31.9 Å². The lowest BCUT2D eigenvalue weighted by molar-refractivity contribution is 0.321. The Morgan fingerprint density at radius 2 is 1.20 bits per heavy atom. The van der Waals surface area contributed by atoms with Gasteiger partial charge < -0.3 is 36.6 Å². The Kier molecular flexibility index (Phi) is 16.9. The van der Waals surface area contributed by atoms with Crippen LogP contribution in [0.3, 0.4) is 0 Å². The summed E-state index contributed by atoms with van der Waals surface area (Å²) in [5, 5.41) is 21.6. The zero-order chi connectivity index (χ0) is 49.3. The number of amidine groups is 2. The third-order valence-corrected chi connectivity index (χ3v) is 16.2. The normalized spacial score (nSPS) is 22.4. The number of thioether (sulfide) groups is 1. The van der Waals surface area contributed by atoms with Gasteiger partial charge in [0.25, 0.3) is 6.02 Å². The Morgan fingerprint density at radius 1 is 0.549 bits per heavy atom. The zero-order valence-electron chi connectivity index (χ0n) is 43.1. The van der Waals surface area contributed by atoms with Gasteiger partial charge in [0.1, 0.15) is 12.4 Å². The van der Waals surface area contributed by atoms with Crippen LogP contribution >= 0.6 is 11.8 Å². The number of halogens is 1. The van der Waals surface area contributed by atoms with E-state index in [9.17, 15) is 4.39 Å². The number of fused-ring (bicyclic) bond motifs is 4. The minimum absolute atomic E-state index is 0.0595. The van der Waals surface area contributed by atoms with Crippen molar-refractivity contribution in [3.63, 3.8) is 0 Å². The Labute approximate surface area is 426 Å². The maximum absolute atomic E-state index is 13.9. The lowest BCUT2D eigenvalue weighted by Crippen LogP contribution is -2.38. The molecule has 4 aliphatic heterocycles. The van der Waals surface area contributed by atoms with Crippen LogP contribution in [-0.2, 0) is 30.4 Å². The molecule has 0 saturated carbocycles. The molecule has 4 atom stereocenters. The molecule has 12 rings (SSSR count). The second kappa shape index (κ2) is 23.8. The SMILES string of the molecule is Cc1cc(C)c2c(c1)C(NC1=NCCN1)CCC2.Cc1cc2c(cc1C)C(NC1=NCCS1)CCC2.Cc1ccc(C)c2c1CCCC2NC1=NCCO1.Fc1cccc2c1C(NC1=NCCN1)CCC2. The van der Waals surface area contributed by atoms with Gasteiger partial charge in [0.15, 0.2) is 17.1 Å². The summed E-state index contributed by atoms with van der Waals surface area (Å²) in [4.78, 5) is 17.6. The lowest BCUT2D eigenvalue weighted by Gasteiger charge is -2.29. The van der Waals surface area contributed by atoms with Gasteiger partial charge in [-0.1, -0.05) is 65.9 Å². The molecular weight excluding hydrogens is 904 g/mol. The van der Waals surface area contributed by atoms with Gasteiger partial charge in [0.2, 0.25) is 0 Å². The van der Waals surface area contributed by atoms with E-state index in [4.69, 9.17) is 4.74 Å². The molecule has 4 heterocycles. The highest BCUT2D eigenvalue weighted by molar-refractivity contribution is 8.14. The maximum atomic E-state index is 13.9. The summed E-state index contributed by atoms with van der Waals surface area (Å²) in [5.41, 5.74) is 19.4. The molecule has 4 aliphatic carbocycles. The molecule has 4 aromatic rings. The van der Waals surface area contributed by atoms with Gasteiger partial charge in [-0.2, -0.15) is 0 Å². The molecular formula is C58H77FN10OS. The van der Waals surface area contributed by atoms with Crippen LogP contribution in [0, 0.1) is 47.4 Å². The van der Waals surface area contributed by atoms with E-state index < -0.39 is 0 Å². The summed E-state index contributed by atoms with van der Waals surface area (Å²) in [6.07, 6.45) is 14.1. The van der Waals surface area contributed by atoms with E-state index in [1.54, 1.807) is 17.7 Å². The van der Waals surface area contributed by atoms with Crippen LogP contribution in [0.2, 0.25) is 0 Å². The quantitative estimate of drug-likeness (QED) is 0.119. The van der Waals surface area contributed by atoms with Crippen molar-refractivity contribution in [1.29, 1.82) is 0 Å². The average Bonchev–Trinajstić information content (AvgIpc) is 4.24.